The average Bonchev–Trinajstić information content (AvgIpc) is 2.37. The number of hydrogen-bond donors (Lipinski definition) is 1. The number of rotatable bonds is 5. The zero-order valence-corrected chi connectivity index (χ0v) is 13.4. The number of nitrogens with zero attached hydrogens (tertiary/aromatic N) is 1. The Labute approximate surface area is 126 Å². The molecule has 1 aromatic carbocycles. The molecule has 0 bridgehead atoms. The van der Waals surface area contributed by atoms with Crippen molar-refractivity contribution >= 4 is 17.5 Å². The second kappa shape index (κ2) is 7.11. The fourth-order valence-corrected chi connectivity index (χ4v) is 1.97. The Bertz CT molecular complexity index is 489. The van der Waals surface area contributed by atoms with Crippen LogP contribution in [0.1, 0.15) is 34.6 Å². The normalized spacial score (nSPS) is 10.9. The molecule has 0 aliphatic carbocycles. The van der Waals surface area contributed by atoms with Crippen molar-refractivity contribution < 1.29 is 14.3 Å². The molecule has 116 valence electrons. The minimum atomic E-state index is -0.387. The van der Waals surface area contributed by atoms with Crippen LogP contribution in [0, 0.1) is 0 Å². The minimum absolute atomic E-state index is 0.0338. The van der Waals surface area contributed by atoms with E-state index in [9.17, 15) is 9.59 Å². The van der Waals surface area contributed by atoms with Gasteiger partial charge in [0.05, 0.1) is 6.61 Å². The molecule has 1 N–H and O–H groups in total. The summed E-state index contributed by atoms with van der Waals surface area (Å²) in [4.78, 5) is 25.2. The zero-order chi connectivity index (χ0) is 16.0. The number of carbonyl (C=O) groups excluding carboxylic acids is 2. The Morgan fingerprint density at radius 2 is 1.76 bits per heavy atom. The first-order valence-corrected chi connectivity index (χ1v) is 7.05. The van der Waals surface area contributed by atoms with Crippen molar-refractivity contribution in [3.63, 3.8) is 0 Å². The first-order valence-electron chi connectivity index (χ1n) is 7.05. The molecular formula is C16H24N2O3. The minimum Gasteiger partial charge on any atom is -0.494 e. The second-order valence-corrected chi connectivity index (χ2v) is 5.78. The number of carbonyl (C=O) groups is 2. The third-order valence-corrected chi connectivity index (χ3v) is 2.94. The summed E-state index contributed by atoms with van der Waals surface area (Å²) in [5.41, 5.74) is 0.294. The van der Waals surface area contributed by atoms with Crippen molar-refractivity contribution in [2.75, 3.05) is 18.5 Å². The van der Waals surface area contributed by atoms with Crippen LogP contribution in [0.2, 0.25) is 0 Å². The molecule has 2 amide bonds. The Hall–Kier alpha value is -2.04. The average molecular weight is 292 g/mol. The van der Waals surface area contributed by atoms with Gasteiger partial charge < -0.3 is 15.0 Å². The zero-order valence-electron chi connectivity index (χ0n) is 13.4. The Morgan fingerprint density at radius 3 is 2.19 bits per heavy atom. The van der Waals surface area contributed by atoms with Crippen LogP contribution in [0.3, 0.4) is 0 Å². The summed E-state index contributed by atoms with van der Waals surface area (Å²) >= 11 is 0. The van der Waals surface area contributed by atoms with Crippen molar-refractivity contribution in [3.8, 4) is 5.75 Å². The van der Waals surface area contributed by atoms with Gasteiger partial charge in [-0.05, 0) is 52.0 Å². The number of amides is 2. The van der Waals surface area contributed by atoms with E-state index in [0.717, 1.165) is 5.75 Å². The molecule has 0 radical (unpaired) electrons. The van der Waals surface area contributed by atoms with Gasteiger partial charge in [-0.25, -0.2) is 0 Å². The third-order valence-electron chi connectivity index (χ3n) is 2.94. The molecular weight excluding hydrogens is 268 g/mol. The van der Waals surface area contributed by atoms with E-state index in [1.54, 1.807) is 24.3 Å². The molecule has 0 atom stereocenters. The lowest BCUT2D eigenvalue weighted by molar-refractivity contribution is -0.137. The van der Waals surface area contributed by atoms with Gasteiger partial charge in [-0.2, -0.15) is 0 Å². The van der Waals surface area contributed by atoms with Crippen LogP contribution in [-0.4, -0.2) is 35.4 Å². The van der Waals surface area contributed by atoms with Gasteiger partial charge in [0.25, 0.3) is 0 Å². The maximum absolute atomic E-state index is 12.0. The molecule has 21 heavy (non-hydrogen) atoms. The van der Waals surface area contributed by atoms with Gasteiger partial charge in [-0.15, -0.1) is 0 Å². The molecule has 0 aromatic heterocycles. The van der Waals surface area contributed by atoms with Gasteiger partial charge in [-0.3, -0.25) is 9.59 Å². The van der Waals surface area contributed by atoms with Crippen molar-refractivity contribution in [1.29, 1.82) is 0 Å². The van der Waals surface area contributed by atoms with Crippen LogP contribution in [0.4, 0.5) is 5.69 Å². The number of ether oxygens (including phenoxy) is 1. The van der Waals surface area contributed by atoms with E-state index in [1.807, 2.05) is 27.7 Å². The first kappa shape index (κ1) is 17.0. The lowest BCUT2D eigenvalue weighted by Crippen LogP contribution is -2.48. The Balaban J connectivity index is 2.66. The molecule has 0 heterocycles. The van der Waals surface area contributed by atoms with E-state index in [4.69, 9.17) is 4.74 Å². The molecule has 0 aliphatic heterocycles. The van der Waals surface area contributed by atoms with Crippen molar-refractivity contribution in [2.45, 2.75) is 40.2 Å². The lowest BCUT2D eigenvalue weighted by atomic mass is 10.1. The van der Waals surface area contributed by atoms with Crippen LogP contribution in [0.5, 0.6) is 5.75 Å². The number of hydrogen-bond acceptors (Lipinski definition) is 3. The summed E-state index contributed by atoms with van der Waals surface area (Å²) in [5.74, 6) is 0.421. The van der Waals surface area contributed by atoms with Gasteiger partial charge >= 0.3 is 0 Å². The first-order chi connectivity index (χ1) is 9.74. The monoisotopic (exact) mass is 292 g/mol. The molecule has 0 spiro atoms. The van der Waals surface area contributed by atoms with E-state index < -0.39 is 0 Å². The number of benzene rings is 1. The molecule has 0 saturated heterocycles. The van der Waals surface area contributed by atoms with Crippen LogP contribution in [0.15, 0.2) is 24.3 Å². The highest BCUT2D eigenvalue weighted by Crippen LogP contribution is 2.17. The molecule has 5 heteroatoms. The molecule has 5 nitrogen and oxygen atoms in total. The van der Waals surface area contributed by atoms with Crippen molar-refractivity contribution in [1.82, 2.24) is 4.90 Å². The Morgan fingerprint density at radius 1 is 1.19 bits per heavy atom. The van der Waals surface area contributed by atoms with E-state index in [1.165, 1.54) is 11.8 Å². The van der Waals surface area contributed by atoms with Crippen LogP contribution in [-0.2, 0) is 9.59 Å². The van der Waals surface area contributed by atoms with Gasteiger partial charge in [0, 0.05) is 18.2 Å². The van der Waals surface area contributed by atoms with Gasteiger partial charge in [0.1, 0.15) is 12.3 Å². The van der Waals surface area contributed by atoms with Crippen molar-refractivity contribution in [2.24, 2.45) is 0 Å². The van der Waals surface area contributed by atoms with Gasteiger partial charge in [-0.1, -0.05) is 0 Å². The maximum Gasteiger partial charge on any atom is 0.244 e. The summed E-state index contributed by atoms with van der Waals surface area (Å²) in [6.07, 6.45) is 0. The molecule has 0 unspecified atom stereocenters. The standard InChI is InChI=1S/C16H24N2O3/c1-6-21-14-9-7-13(8-10-14)17-15(20)11-18(12(2)19)16(3,4)5/h7-10H,6,11H2,1-5H3,(H,17,20). The largest absolute Gasteiger partial charge is 0.494 e. The van der Waals surface area contributed by atoms with Crippen LogP contribution >= 0.6 is 0 Å². The molecule has 0 aliphatic rings. The highest BCUT2D eigenvalue weighted by Gasteiger charge is 2.25. The summed E-state index contributed by atoms with van der Waals surface area (Å²) in [6, 6.07) is 7.15. The van der Waals surface area contributed by atoms with E-state index >= 15 is 0 Å². The highest BCUT2D eigenvalue weighted by molar-refractivity contribution is 5.94. The van der Waals surface area contributed by atoms with Gasteiger partial charge in [0.15, 0.2) is 0 Å². The summed E-state index contributed by atoms with van der Waals surface area (Å²) in [5, 5.41) is 2.78. The maximum atomic E-state index is 12.0. The molecule has 1 aromatic rings. The highest BCUT2D eigenvalue weighted by atomic mass is 16.5. The van der Waals surface area contributed by atoms with Crippen LogP contribution < -0.4 is 10.1 Å². The van der Waals surface area contributed by atoms with E-state index in [-0.39, 0.29) is 23.9 Å². The topological polar surface area (TPSA) is 58.6 Å². The Kier molecular flexibility index (Phi) is 5.76. The smallest absolute Gasteiger partial charge is 0.244 e. The fourth-order valence-electron chi connectivity index (χ4n) is 1.97. The van der Waals surface area contributed by atoms with E-state index in [2.05, 4.69) is 5.32 Å². The molecule has 0 fully saturated rings. The number of nitrogens with one attached hydrogen (secondary N) is 1. The van der Waals surface area contributed by atoms with Crippen molar-refractivity contribution in [3.05, 3.63) is 24.3 Å². The molecule has 0 saturated carbocycles. The second-order valence-electron chi connectivity index (χ2n) is 5.78. The SMILES string of the molecule is CCOc1ccc(NC(=O)CN(C(C)=O)C(C)(C)C)cc1. The van der Waals surface area contributed by atoms with Gasteiger partial charge in [0.2, 0.25) is 11.8 Å². The predicted octanol–water partition coefficient (Wildman–Crippen LogP) is 2.67. The quantitative estimate of drug-likeness (QED) is 0.907. The predicted molar refractivity (Wildman–Crippen MR) is 83.4 cm³/mol. The van der Waals surface area contributed by atoms with Crippen LogP contribution in [0.25, 0.3) is 0 Å². The van der Waals surface area contributed by atoms with E-state index in [0.29, 0.717) is 12.3 Å². The fraction of sp³-hybridized carbons (Fsp3) is 0.500. The summed E-state index contributed by atoms with van der Waals surface area (Å²) in [7, 11) is 0. The molecule has 1 rings (SSSR count). The third kappa shape index (κ3) is 5.45. The number of anilines is 1. The lowest BCUT2D eigenvalue weighted by Gasteiger charge is -2.34. The summed E-state index contributed by atoms with van der Waals surface area (Å²) in [6.45, 7) is 9.72. The summed E-state index contributed by atoms with van der Waals surface area (Å²) < 4.78 is 5.34.